The fourth-order valence-corrected chi connectivity index (χ4v) is 2.73. The molecule has 0 bridgehead atoms. The Morgan fingerprint density at radius 1 is 1.11 bits per heavy atom. The normalized spacial score (nSPS) is 17.4. The number of benzene rings is 2. The second kappa shape index (κ2) is 3.85. The van der Waals surface area contributed by atoms with Crippen molar-refractivity contribution in [2.45, 2.75) is 19.6 Å². The molecule has 2 heterocycles. The highest BCUT2D eigenvalue weighted by molar-refractivity contribution is 5.82. The Kier molecular flexibility index (Phi) is 2.15. The van der Waals surface area contributed by atoms with Gasteiger partial charge in [0, 0.05) is 0 Å². The lowest BCUT2D eigenvalue weighted by atomic mass is 10.2. The summed E-state index contributed by atoms with van der Waals surface area (Å²) in [4.78, 5) is 4.77. The van der Waals surface area contributed by atoms with Crippen LogP contribution in [0.3, 0.4) is 0 Å². The van der Waals surface area contributed by atoms with Crippen molar-refractivity contribution in [3.8, 4) is 17.1 Å². The molecule has 4 rings (SSSR count). The highest BCUT2D eigenvalue weighted by Gasteiger charge is 2.22. The third-order valence-corrected chi connectivity index (χ3v) is 3.55. The molecule has 2 aromatic carbocycles. The summed E-state index contributed by atoms with van der Waals surface area (Å²) in [7, 11) is 0. The summed E-state index contributed by atoms with van der Waals surface area (Å²) < 4.78 is 8.24. The Labute approximate surface area is 111 Å². The van der Waals surface area contributed by atoms with E-state index in [0.717, 1.165) is 29.2 Å². The van der Waals surface area contributed by atoms with Crippen molar-refractivity contribution in [1.29, 1.82) is 0 Å². The van der Waals surface area contributed by atoms with E-state index in [4.69, 9.17) is 9.72 Å². The number of fused-ring (bicyclic) bond motifs is 5. The van der Waals surface area contributed by atoms with E-state index in [0.29, 0.717) is 0 Å². The van der Waals surface area contributed by atoms with Gasteiger partial charge in [-0.25, -0.2) is 4.98 Å². The largest absolute Gasteiger partial charge is 0.488 e. The van der Waals surface area contributed by atoms with E-state index < -0.39 is 0 Å². The smallest absolute Gasteiger partial charge is 0.145 e. The summed E-state index contributed by atoms with van der Waals surface area (Å²) in [6, 6.07) is 16.4. The molecular weight excluding hydrogens is 236 g/mol. The van der Waals surface area contributed by atoms with Crippen molar-refractivity contribution in [1.82, 2.24) is 9.55 Å². The van der Waals surface area contributed by atoms with Crippen LogP contribution in [-0.4, -0.2) is 15.7 Å². The van der Waals surface area contributed by atoms with Crippen LogP contribution in [-0.2, 0) is 6.54 Å². The minimum absolute atomic E-state index is 0.139. The first-order valence-electron chi connectivity index (χ1n) is 6.54. The number of rotatable bonds is 0. The molecule has 0 fully saturated rings. The van der Waals surface area contributed by atoms with Gasteiger partial charge in [0.1, 0.15) is 17.7 Å². The van der Waals surface area contributed by atoms with Gasteiger partial charge in [-0.3, -0.25) is 0 Å². The molecule has 3 heteroatoms. The summed E-state index contributed by atoms with van der Waals surface area (Å²) >= 11 is 0. The average Bonchev–Trinajstić information content (AvgIpc) is 2.71. The van der Waals surface area contributed by atoms with Gasteiger partial charge in [0.15, 0.2) is 0 Å². The van der Waals surface area contributed by atoms with E-state index in [9.17, 15) is 0 Å². The van der Waals surface area contributed by atoms with E-state index >= 15 is 0 Å². The van der Waals surface area contributed by atoms with Gasteiger partial charge in [0.2, 0.25) is 0 Å². The van der Waals surface area contributed by atoms with E-state index in [2.05, 4.69) is 35.8 Å². The SMILES string of the molecule is CC1Cn2c(nc3ccccc32)-c2ccccc2O1. The number of hydrogen-bond donors (Lipinski definition) is 0. The van der Waals surface area contributed by atoms with E-state index in [1.54, 1.807) is 0 Å². The fraction of sp³-hybridized carbons (Fsp3) is 0.188. The predicted molar refractivity (Wildman–Crippen MR) is 75.3 cm³/mol. The zero-order chi connectivity index (χ0) is 12.8. The fourth-order valence-electron chi connectivity index (χ4n) is 2.73. The molecule has 1 unspecified atom stereocenters. The van der Waals surface area contributed by atoms with E-state index in [1.807, 2.05) is 24.3 Å². The lowest BCUT2D eigenvalue weighted by Gasteiger charge is -2.12. The molecular formula is C16H14N2O. The number of nitrogens with zero attached hydrogens (tertiary/aromatic N) is 2. The summed E-state index contributed by atoms with van der Waals surface area (Å²) in [5.74, 6) is 1.92. The number of ether oxygens (including phenoxy) is 1. The minimum Gasteiger partial charge on any atom is -0.488 e. The van der Waals surface area contributed by atoms with Crippen molar-refractivity contribution in [3.05, 3.63) is 48.5 Å². The Bertz CT molecular complexity index is 760. The average molecular weight is 250 g/mol. The van der Waals surface area contributed by atoms with Gasteiger partial charge in [0.05, 0.1) is 23.1 Å². The molecule has 19 heavy (non-hydrogen) atoms. The van der Waals surface area contributed by atoms with Crippen molar-refractivity contribution in [2.24, 2.45) is 0 Å². The first-order valence-corrected chi connectivity index (χ1v) is 6.54. The van der Waals surface area contributed by atoms with Crippen LogP contribution in [0.4, 0.5) is 0 Å². The van der Waals surface area contributed by atoms with Crippen LogP contribution in [0.5, 0.6) is 5.75 Å². The molecule has 0 saturated carbocycles. The number of hydrogen-bond acceptors (Lipinski definition) is 2. The lowest BCUT2D eigenvalue weighted by molar-refractivity contribution is 0.207. The van der Waals surface area contributed by atoms with E-state index in [-0.39, 0.29) is 6.10 Å². The van der Waals surface area contributed by atoms with E-state index in [1.165, 1.54) is 5.52 Å². The standard InChI is InChI=1S/C16H14N2O/c1-11-10-18-14-8-4-3-7-13(14)17-16(18)12-6-2-5-9-15(12)19-11/h2-9,11H,10H2,1H3. The topological polar surface area (TPSA) is 27.1 Å². The molecule has 1 aliphatic rings. The Morgan fingerprint density at radius 3 is 2.84 bits per heavy atom. The third kappa shape index (κ3) is 1.55. The molecule has 1 aromatic heterocycles. The van der Waals surface area contributed by atoms with Gasteiger partial charge in [-0.1, -0.05) is 24.3 Å². The number of para-hydroxylation sites is 3. The Balaban J connectivity index is 2.08. The zero-order valence-corrected chi connectivity index (χ0v) is 10.7. The van der Waals surface area contributed by atoms with Crippen LogP contribution in [0.25, 0.3) is 22.4 Å². The second-order valence-electron chi connectivity index (χ2n) is 4.96. The van der Waals surface area contributed by atoms with Gasteiger partial charge in [-0.05, 0) is 31.2 Å². The summed E-state index contributed by atoms with van der Waals surface area (Å²) in [5.41, 5.74) is 3.29. The molecule has 1 atom stereocenters. The lowest BCUT2D eigenvalue weighted by Crippen LogP contribution is -2.17. The molecule has 0 spiro atoms. The molecule has 0 saturated heterocycles. The van der Waals surface area contributed by atoms with Crippen LogP contribution >= 0.6 is 0 Å². The molecule has 94 valence electrons. The van der Waals surface area contributed by atoms with Crippen LogP contribution < -0.4 is 4.74 Å². The summed E-state index contributed by atoms with van der Waals surface area (Å²) in [6.07, 6.45) is 0.139. The van der Waals surface area contributed by atoms with Crippen LogP contribution in [0.15, 0.2) is 48.5 Å². The summed E-state index contributed by atoms with van der Waals surface area (Å²) in [6.45, 7) is 2.92. The third-order valence-electron chi connectivity index (χ3n) is 3.55. The molecule has 0 aliphatic carbocycles. The van der Waals surface area contributed by atoms with Crippen LogP contribution in [0.2, 0.25) is 0 Å². The van der Waals surface area contributed by atoms with Crippen molar-refractivity contribution >= 4 is 11.0 Å². The highest BCUT2D eigenvalue weighted by Crippen LogP contribution is 2.35. The minimum atomic E-state index is 0.139. The molecule has 3 nitrogen and oxygen atoms in total. The maximum atomic E-state index is 5.99. The Morgan fingerprint density at radius 2 is 1.89 bits per heavy atom. The Hall–Kier alpha value is -2.29. The van der Waals surface area contributed by atoms with Crippen molar-refractivity contribution < 1.29 is 4.74 Å². The van der Waals surface area contributed by atoms with Gasteiger partial charge in [-0.2, -0.15) is 0 Å². The molecule has 3 aromatic rings. The van der Waals surface area contributed by atoms with Gasteiger partial charge in [0.25, 0.3) is 0 Å². The predicted octanol–water partition coefficient (Wildman–Crippen LogP) is 3.48. The van der Waals surface area contributed by atoms with Crippen molar-refractivity contribution in [2.75, 3.05) is 0 Å². The van der Waals surface area contributed by atoms with Gasteiger partial charge in [-0.15, -0.1) is 0 Å². The maximum absolute atomic E-state index is 5.99. The molecule has 0 N–H and O–H groups in total. The second-order valence-corrected chi connectivity index (χ2v) is 4.96. The number of aromatic nitrogens is 2. The van der Waals surface area contributed by atoms with Crippen molar-refractivity contribution in [3.63, 3.8) is 0 Å². The quantitative estimate of drug-likeness (QED) is 0.610. The molecule has 0 amide bonds. The zero-order valence-electron chi connectivity index (χ0n) is 10.7. The monoisotopic (exact) mass is 250 g/mol. The molecule has 0 radical (unpaired) electrons. The van der Waals surface area contributed by atoms with Crippen LogP contribution in [0.1, 0.15) is 6.92 Å². The molecule has 1 aliphatic heterocycles. The highest BCUT2D eigenvalue weighted by atomic mass is 16.5. The first kappa shape index (κ1) is 10.6. The number of imidazole rings is 1. The van der Waals surface area contributed by atoms with Gasteiger partial charge >= 0.3 is 0 Å². The van der Waals surface area contributed by atoms with Crippen LogP contribution in [0, 0.1) is 0 Å². The summed E-state index contributed by atoms with van der Waals surface area (Å²) in [5, 5.41) is 0. The first-order chi connectivity index (χ1) is 9.33. The maximum Gasteiger partial charge on any atom is 0.145 e. The van der Waals surface area contributed by atoms with Gasteiger partial charge < -0.3 is 9.30 Å².